The first-order valence-electron chi connectivity index (χ1n) is 4.56. The van der Waals surface area contributed by atoms with E-state index >= 15 is 0 Å². The van der Waals surface area contributed by atoms with Crippen molar-refractivity contribution in [2.75, 3.05) is 0 Å². The highest BCUT2D eigenvalue weighted by atomic mass is 16.8. The van der Waals surface area contributed by atoms with E-state index in [0.29, 0.717) is 0 Å². The van der Waals surface area contributed by atoms with Gasteiger partial charge in [-0.2, -0.15) is 0 Å². The lowest BCUT2D eigenvalue weighted by atomic mass is 9.86. The van der Waals surface area contributed by atoms with Crippen molar-refractivity contribution in [3.8, 4) is 0 Å². The van der Waals surface area contributed by atoms with Gasteiger partial charge in [-0.3, -0.25) is 9.59 Å². The van der Waals surface area contributed by atoms with Crippen LogP contribution in [0.15, 0.2) is 23.2 Å². The normalized spacial score (nSPS) is 36.6. The molecule has 0 aromatic heterocycles. The fourth-order valence-electron chi connectivity index (χ4n) is 1.95. The Labute approximate surface area is 90.5 Å². The molecule has 0 saturated carbocycles. The Balaban J connectivity index is 2.64. The maximum atomic E-state index is 11.4. The second-order valence-corrected chi connectivity index (χ2v) is 3.85. The van der Waals surface area contributed by atoms with E-state index < -0.39 is 40.0 Å². The molecule has 0 aromatic rings. The molecule has 0 amide bonds. The summed E-state index contributed by atoms with van der Waals surface area (Å²) in [7, 11) is 0. The molecule has 86 valence electrons. The number of ether oxygens (including phenoxy) is 1. The fraction of sp³-hybridized carbons (Fsp3) is 0.400. The molecular formula is C10H10O6. The number of hydrogen-bond acceptors (Lipinski definition) is 6. The molecule has 2 rings (SSSR count). The van der Waals surface area contributed by atoms with Gasteiger partial charge in [0.05, 0.1) is 0 Å². The number of fused-ring (bicyclic) bond motifs is 1. The molecule has 0 radical (unpaired) electrons. The van der Waals surface area contributed by atoms with Gasteiger partial charge in [0.15, 0.2) is 17.3 Å². The lowest BCUT2D eigenvalue weighted by Gasteiger charge is -2.18. The van der Waals surface area contributed by atoms with E-state index in [4.69, 9.17) is 4.74 Å². The van der Waals surface area contributed by atoms with Crippen molar-refractivity contribution in [2.45, 2.75) is 25.2 Å². The first-order valence-corrected chi connectivity index (χ1v) is 4.56. The molecule has 1 saturated heterocycles. The number of epoxide rings is 1. The molecule has 6 heteroatoms. The predicted octanol–water partition coefficient (Wildman–Crippen LogP) is -0.110. The third-order valence-electron chi connectivity index (χ3n) is 2.78. The molecule has 16 heavy (non-hydrogen) atoms. The van der Waals surface area contributed by atoms with Gasteiger partial charge in [0.25, 0.3) is 0 Å². The second-order valence-electron chi connectivity index (χ2n) is 3.85. The molecule has 0 bridgehead atoms. The Kier molecular flexibility index (Phi) is 1.84. The topological polar surface area (TPSA) is 107 Å². The Morgan fingerprint density at radius 1 is 1.31 bits per heavy atom. The molecule has 1 fully saturated rings. The molecule has 0 spiro atoms. The Bertz CT molecular complexity index is 474. The predicted molar refractivity (Wildman–Crippen MR) is 50.5 cm³/mol. The first-order chi connectivity index (χ1) is 7.26. The van der Waals surface area contributed by atoms with Gasteiger partial charge in [0.2, 0.25) is 11.4 Å². The monoisotopic (exact) mass is 226 g/mol. The number of hydrogen-bond donors (Lipinski definition) is 3. The maximum absolute atomic E-state index is 11.4. The minimum atomic E-state index is -2.05. The Morgan fingerprint density at radius 3 is 2.31 bits per heavy atom. The molecule has 1 aliphatic heterocycles. The summed E-state index contributed by atoms with van der Waals surface area (Å²) in [5, 5.41) is 28.9. The number of aliphatic hydroxyl groups excluding tert-OH is 2. The van der Waals surface area contributed by atoms with Crippen LogP contribution >= 0.6 is 0 Å². The van der Waals surface area contributed by atoms with Crippen LogP contribution in [0.4, 0.5) is 0 Å². The summed E-state index contributed by atoms with van der Waals surface area (Å²) in [6.45, 7) is 2.23. The van der Waals surface area contributed by atoms with Crippen molar-refractivity contribution in [1.29, 1.82) is 0 Å². The SMILES string of the molecule is CC(=O)C1=C(O)C2(C(C)=O)OC2(O)C=C1O. The molecule has 6 nitrogen and oxygen atoms in total. The van der Waals surface area contributed by atoms with Gasteiger partial charge in [0.1, 0.15) is 11.3 Å². The minimum absolute atomic E-state index is 0.405. The standard InChI is InChI=1S/C10H10O6/c1-4(11)7-6(13)3-9(15)10(16-9,5(2)12)8(7)14/h3,13-15H,1-2H3. The highest BCUT2D eigenvalue weighted by Gasteiger charge is 2.78. The van der Waals surface area contributed by atoms with Gasteiger partial charge in [-0.1, -0.05) is 0 Å². The van der Waals surface area contributed by atoms with Gasteiger partial charge >= 0.3 is 0 Å². The van der Waals surface area contributed by atoms with Crippen molar-refractivity contribution in [2.24, 2.45) is 0 Å². The number of rotatable bonds is 2. The zero-order valence-electron chi connectivity index (χ0n) is 8.64. The van der Waals surface area contributed by atoms with Crippen molar-refractivity contribution in [3.05, 3.63) is 23.2 Å². The zero-order valence-corrected chi connectivity index (χ0v) is 8.64. The van der Waals surface area contributed by atoms with Crippen LogP contribution in [-0.2, 0) is 14.3 Å². The first kappa shape index (κ1) is 10.8. The number of ketones is 2. The van der Waals surface area contributed by atoms with Crippen LogP contribution in [0.2, 0.25) is 0 Å². The summed E-state index contributed by atoms with van der Waals surface area (Å²) in [6.07, 6.45) is 0.838. The summed E-state index contributed by atoms with van der Waals surface area (Å²) in [4.78, 5) is 22.5. The van der Waals surface area contributed by atoms with E-state index in [1.807, 2.05) is 0 Å². The number of carbonyl (C=O) groups excluding carboxylic acids is 2. The van der Waals surface area contributed by atoms with Crippen LogP contribution in [-0.4, -0.2) is 38.3 Å². The summed E-state index contributed by atoms with van der Waals surface area (Å²) in [5.74, 6) is -4.65. The van der Waals surface area contributed by atoms with Crippen molar-refractivity contribution in [1.82, 2.24) is 0 Å². The quantitative estimate of drug-likeness (QED) is 0.567. The molecule has 2 unspecified atom stereocenters. The number of aliphatic hydroxyl groups is 3. The summed E-state index contributed by atoms with van der Waals surface area (Å²) in [6, 6.07) is 0. The summed E-state index contributed by atoms with van der Waals surface area (Å²) in [5.41, 5.74) is -2.34. The van der Waals surface area contributed by atoms with Crippen LogP contribution in [0.25, 0.3) is 0 Å². The van der Waals surface area contributed by atoms with Crippen molar-refractivity contribution in [3.63, 3.8) is 0 Å². The van der Waals surface area contributed by atoms with Crippen LogP contribution in [0.5, 0.6) is 0 Å². The van der Waals surface area contributed by atoms with Crippen molar-refractivity contribution >= 4 is 11.6 Å². The number of Topliss-reactive ketones (excluding diaryl/α,β-unsaturated/α-hetero) is 2. The molecular weight excluding hydrogens is 216 g/mol. The average Bonchev–Trinajstić information content (AvgIpc) is 2.71. The van der Waals surface area contributed by atoms with Gasteiger partial charge in [-0.05, 0) is 13.8 Å². The number of allylic oxidation sites excluding steroid dienone is 1. The summed E-state index contributed by atoms with van der Waals surface area (Å²) >= 11 is 0. The van der Waals surface area contributed by atoms with Gasteiger partial charge in [-0.15, -0.1) is 0 Å². The van der Waals surface area contributed by atoms with E-state index in [0.717, 1.165) is 19.9 Å². The van der Waals surface area contributed by atoms with E-state index in [9.17, 15) is 24.9 Å². The maximum Gasteiger partial charge on any atom is 0.244 e. The highest BCUT2D eigenvalue weighted by molar-refractivity contribution is 6.03. The largest absolute Gasteiger partial charge is 0.508 e. The van der Waals surface area contributed by atoms with Crippen LogP contribution < -0.4 is 0 Å². The Morgan fingerprint density at radius 2 is 1.88 bits per heavy atom. The molecule has 1 heterocycles. The van der Waals surface area contributed by atoms with Crippen molar-refractivity contribution < 1.29 is 29.6 Å². The molecule has 2 atom stereocenters. The third kappa shape index (κ3) is 0.975. The molecule has 1 aliphatic carbocycles. The fourth-order valence-corrected chi connectivity index (χ4v) is 1.95. The lowest BCUT2D eigenvalue weighted by molar-refractivity contribution is -0.122. The zero-order chi connectivity index (χ0) is 12.3. The van der Waals surface area contributed by atoms with Gasteiger partial charge in [0, 0.05) is 6.08 Å². The second kappa shape index (κ2) is 2.72. The van der Waals surface area contributed by atoms with Gasteiger partial charge < -0.3 is 20.1 Å². The van der Waals surface area contributed by atoms with Crippen LogP contribution in [0.1, 0.15) is 13.8 Å². The van der Waals surface area contributed by atoms with Crippen LogP contribution in [0.3, 0.4) is 0 Å². The molecule has 2 aliphatic rings. The lowest BCUT2D eigenvalue weighted by Crippen LogP contribution is -2.38. The van der Waals surface area contributed by atoms with Crippen LogP contribution in [0, 0.1) is 0 Å². The highest BCUT2D eigenvalue weighted by Crippen LogP contribution is 2.56. The average molecular weight is 226 g/mol. The molecule has 3 N–H and O–H groups in total. The van der Waals surface area contributed by atoms with Gasteiger partial charge in [-0.25, -0.2) is 0 Å². The number of carbonyl (C=O) groups is 2. The van der Waals surface area contributed by atoms with E-state index in [1.165, 1.54) is 0 Å². The Hall–Kier alpha value is -1.66. The minimum Gasteiger partial charge on any atom is -0.508 e. The van der Waals surface area contributed by atoms with E-state index in [-0.39, 0.29) is 0 Å². The summed E-state index contributed by atoms with van der Waals surface area (Å²) < 4.78 is 4.79. The molecule has 0 aromatic carbocycles. The third-order valence-corrected chi connectivity index (χ3v) is 2.78. The van der Waals surface area contributed by atoms with E-state index in [2.05, 4.69) is 0 Å². The smallest absolute Gasteiger partial charge is 0.244 e. The van der Waals surface area contributed by atoms with E-state index in [1.54, 1.807) is 0 Å².